The summed E-state index contributed by atoms with van der Waals surface area (Å²) in [7, 11) is 0. The van der Waals surface area contributed by atoms with Crippen LogP contribution >= 0.6 is 12.4 Å². The molecule has 5 heteroatoms. The van der Waals surface area contributed by atoms with Gasteiger partial charge >= 0.3 is 6.18 Å². The SMILES string of the molecule is CCC(N)(CC)c1ccc(C(F)(F)F)cc1.Cl. The molecule has 0 saturated heterocycles. The third kappa shape index (κ3) is 3.61. The Morgan fingerprint density at radius 2 is 1.29 bits per heavy atom. The van der Waals surface area contributed by atoms with Gasteiger partial charge in [0.1, 0.15) is 0 Å². The molecule has 0 aliphatic carbocycles. The molecular weight excluding hydrogens is 251 g/mol. The van der Waals surface area contributed by atoms with Crippen molar-refractivity contribution < 1.29 is 13.2 Å². The zero-order chi connectivity index (χ0) is 12.4. The van der Waals surface area contributed by atoms with Gasteiger partial charge in [-0.15, -0.1) is 12.4 Å². The summed E-state index contributed by atoms with van der Waals surface area (Å²) in [4.78, 5) is 0. The van der Waals surface area contributed by atoms with E-state index in [0.717, 1.165) is 17.7 Å². The zero-order valence-electron chi connectivity index (χ0n) is 9.84. The number of hydrogen-bond donors (Lipinski definition) is 1. The number of hydrogen-bond acceptors (Lipinski definition) is 1. The van der Waals surface area contributed by atoms with Gasteiger partial charge in [0.25, 0.3) is 0 Å². The molecule has 0 radical (unpaired) electrons. The highest BCUT2D eigenvalue weighted by Crippen LogP contribution is 2.32. The number of alkyl halides is 3. The molecule has 17 heavy (non-hydrogen) atoms. The van der Waals surface area contributed by atoms with Gasteiger partial charge in [-0.25, -0.2) is 0 Å². The quantitative estimate of drug-likeness (QED) is 0.877. The van der Waals surface area contributed by atoms with Crippen molar-refractivity contribution in [2.24, 2.45) is 5.73 Å². The Kier molecular flexibility index (Phi) is 5.49. The van der Waals surface area contributed by atoms with E-state index in [1.54, 1.807) is 0 Å². The molecule has 0 saturated carbocycles. The molecule has 0 fully saturated rings. The Hall–Kier alpha value is -0.740. The highest BCUT2D eigenvalue weighted by atomic mass is 35.5. The molecule has 1 aromatic carbocycles. The van der Waals surface area contributed by atoms with Crippen LogP contribution in [0.1, 0.15) is 37.8 Å². The Balaban J connectivity index is 0.00000256. The molecule has 0 aromatic heterocycles. The number of benzene rings is 1. The lowest BCUT2D eigenvalue weighted by Gasteiger charge is -2.27. The molecule has 0 aliphatic heterocycles. The molecular formula is C12H17ClF3N. The van der Waals surface area contributed by atoms with E-state index in [1.165, 1.54) is 12.1 Å². The van der Waals surface area contributed by atoms with Gasteiger partial charge in [0.15, 0.2) is 0 Å². The summed E-state index contributed by atoms with van der Waals surface area (Å²) in [5.41, 5.74) is 5.69. The first-order valence-electron chi connectivity index (χ1n) is 5.30. The lowest BCUT2D eigenvalue weighted by Crippen LogP contribution is -2.35. The van der Waals surface area contributed by atoms with Gasteiger partial charge in [-0.05, 0) is 30.5 Å². The Labute approximate surface area is 106 Å². The molecule has 0 amide bonds. The number of rotatable bonds is 3. The first-order valence-corrected chi connectivity index (χ1v) is 5.30. The van der Waals surface area contributed by atoms with Crippen molar-refractivity contribution in [1.82, 2.24) is 0 Å². The van der Waals surface area contributed by atoms with Crippen molar-refractivity contribution in [2.75, 3.05) is 0 Å². The Bertz CT molecular complexity index is 342. The molecule has 1 nitrogen and oxygen atoms in total. The fraction of sp³-hybridized carbons (Fsp3) is 0.500. The summed E-state index contributed by atoms with van der Waals surface area (Å²) in [6.07, 6.45) is -2.88. The van der Waals surface area contributed by atoms with Gasteiger partial charge < -0.3 is 5.73 Å². The summed E-state index contributed by atoms with van der Waals surface area (Å²) >= 11 is 0. The van der Waals surface area contributed by atoms with Crippen LogP contribution in [0.25, 0.3) is 0 Å². The molecule has 1 rings (SSSR count). The van der Waals surface area contributed by atoms with Crippen LogP contribution in [0.15, 0.2) is 24.3 Å². The predicted octanol–water partition coefficient (Wildman–Crippen LogP) is 4.10. The van der Waals surface area contributed by atoms with Gasteiger partial charge in [-0.1, -0.05) is 26.0 Å². The van der Waals surface area contributed by atoms with Crippen molar-refractivity contribution in [1.29, 1.82) is 0 Å². The summed E-state index contributed by atoms with van der Waals surface area (Å²) < 4.78 is 37.0. The van der Waals surface area contributed by atoms with E-state index in [1.807, 2.05) is 13.8 Å². The normalized spacial score (nSPS) is 12.1. The molecule has 0 aliphatic rings. The van der Waals surface area contributed by atoms with Crippen LogP contribution in [0.5, 0.6) is 0 Å². The summed E-state index contributed by atoms with van der Waals surface area (Å²) in [6.45, 7) is 3.86. The maximum Gasteiger partial charge on any atom is 0.416 e. The van der Waals surface area contributed by atoms with E-state index < -0.39 is 17.3 Å². The maximum atomic E-state index is 12.3. The van der Waals surface area contributed by atoms with Crippen molar-refractivity contribution in [3.63, 3.8) is 0 Å². The molecule has 0 bridgehead atoms. The second-order valence-corrected chi connectivity index (χ2v) is 3.94. The summed E-state index contributed by atoms with van der Waals surface area (Å²) in [6, 6.07) is 5.11. The van der Waals surface area contributed by atoms with Crippen LogP contribution in [0.2, 0.25) is 0 Å². The van der Waals surface area contributed by atoms with Crippen molar-refractivity contribution in [3.05, 3.63) is 35.4 Å². The summed E-state index contributed by atoms with van der Waals surface area (Å²) in [5.74, 6) is 0. The van der Waals surface area contributed by atoms with Gasteiger partial charge in [-0.3, -0.25) is 0 Å². The summed E-state index contributed by atoms with van der Waals surface area (Å²) in [5, 5.41) is 0. The predicted molar refractivity (Wildman–Crippen MR) is 65.1 cm³/mol. The molecule has 0 atom stereocenters. The highest BCUT2D eigenvalue weighted by molar-refractivity contribution is 5.85. The van der Waals surface area contributed by atoms with Gasteiger partial charge in [0, 0.05) is 5.54 Å². The van der Waals surface area contributed by atoms with Crippen LogP contribution in [-0.2, 0) is 11.7 Å². The van der Waals surface area contributed by atoms with E-state index in [2.05, 4.69) is 0 Å². The monoisotopic (exact) mass is 267 g/mol. The number of halogens is 4. The van der Waals surface area contributed by atoms with Crippen LogP contribution < -0.4 is 5.73 Å². The van der Waals surface area contributed by atoms with E-state index in [9.17, 15) is 13.2 Å². The highest BCUT2D eigenvalue weighted by Gasteiger charge is 2.31. The molecule has 0 unspecified atom stereocenters. The minimum atomic E-state index is -4.28. The molecule has 0 heterocycles. The van der Waals surface area contributed by atoms with Crippen molar-refractivity contribution in [3.8, 4) is 0 Å². The second-order valence-electron chi connectivity index (χ2n) is 3.94. The second kappa shape index (κ2) is 5.74. The van der Waals surface area contributed by atoms with E-state index in [-0.39, 0.29) is 12.4 Å². The number of nitrogens with two attached hydrogens (primary N) is 1. The fourth-order valence-electron chi connectivity index (χ4n) is 1.65. The zero-order valence-corrected chi connectivity index (χ0v) is 10.7. The van der Waals surface area contributed by atoms with E-state index in [4.69, 9.17) is 5.73 Å². The first-order chi connectivity index (χ1) is 7.33. The van der Waals surface area contributed by atoms with Gasteiger partial charge in [0.05, 0.1) is 5.56 Å². The topological polar surface area (TPSA) is 26.0 Å². The van der Waals surface area contributed by atoms with Crippen LogP contribution in [-0.4, -0.2) is 0 Å². The lowest BCUT2D eigenvalue weighted by molar-refractivity contribution is -0.137. The van der Waals surface area contributed by atoms with Crippen LogP contribution in [0, 0.1) is 0 Å². The standard InChI is InChI=1S/C12H16F3N.ClH/c1-3-11(16,4-2)9-5-7-10(8-6-9)12(13,14)15;/h5-8H,3-4,16H2,1-2H3;1H. The Morgan fingerprint density at radius 1 is 0.941 bits per heavy atom. The Morgan fingerprint density at radius 3 is 1.59 bits per heavy atom. The minimum Gasteiger partial charge on any atom is -0.321 e. The third-order valence-corrected chi connectivity index (χ3v) is 3.05. The van der Waals surface area contributed by atoms with Crippen molar-refractivity contribution >= 4 is 12.4 Å². The van der Waals surface area contributed by atoms with Gasteiger partial charge in [0.2, 0.25) is 0 Å². The van der Waals surface area contributed by atoms with Gasteiger partial charge in [-0.2, -0.15) is 13.2 Å². The molecule has 1 aromatic rings. The average molecular weight is 268 g/mol. The maximum absolute atomic E-state index is 12.3. The van der Waals surface area contributed by atoms with E-state index in [0.29, 0.717) is 12.8 Å². The first kappa shape index (κ1) is 16.3. The lowest BCUT2D eigenvalue weighted by atomic mass is 9.85. The van der Waals surface area contributed by atoms with Crippen molar-refractivity contribution in [2.45, 2.75) is 38.4 Å². The van der Waals surface area contributed by atoms with Crippen LogP contribution in [0.3, 0.4) is 0 Å². The molecule has 0 spiro atoms. The van der Waals surface area contributed by atoms with Crippen LogP contribution in [0.4, 0.5) is 13.2 Å². The largest absolute Gasteiger partial charge is 0.416 e. The smallest absolute Gasteiger partial charge is 0.321 e. The average Bonchev–Trinajstić information content (AvgIpc) is 2.27. The fourth-order valence-corrected chi connectivity index (χ4v) is 1.65. The molecule has 98 valence electrons. The molecule has 2 N–H and O–H groups in total. The van der Waals surface area contributed by atoms with E-state index >= 15 is 0 Å². The third-order valence-electron chi connectivity index (χ3n) is 3.05. The minimum absolute atomic E-state index is 0.